The lowest BCUT2D eigenvalue weighted by Gasteiger charge is -2.00. The SMILES string of the molecule is O=[N+]([O-])c1c(NCc2nc3cc(Cl)c(Cl)cc3[nH]2)nc2cc(Cl)ccn12. The number of rotatable bonds is 4. The summed E-state index contributed by atoms with van der Waals surface area (Å²) in [7, 11) is 0. The van der Waals surface area contributed by atoms with Crippen LogP contribution in [-0.4, -0.2) is 24.3 Å². The third-order valence-corrected chi connectivity index (χ3v) is 4.69. The van der Waals surface area contributed by atoms with Gasteiger partial charge in [0.25, 0.3) is 0 Å². The van der Waals surface area contributed by atoms with Crippen molar-refractivity contribution in [2.75, 3.05) is 5.32 Å². The third kappa shape index (κ3) is 2.92. The van der Waals surface area contributed by atoms with Gasteiger partial charge in [0.1, 0.15) is 5.82 Å². The highest BCUT2D eigenvalue weighted by atomic mass is 35.5. The third-order valence-electron chi connectivity index (χ3n) is 3.73. The van der Waals surface area contributed by atoms with Crippen LogP contribution in [0.15, 0.2) is 30.5 Å². The summed E-state index contributed by atoms with van der Waals surface area (Å²) >= 11 is 17.9. The predicted molar refractivity (Wildman–Crippen MR) is 100 cm³/mol. The molecule has 0 aliphatic rings. The van der Waals surface area contributed by atoms with E-state index in [0.29, 0.717) is 37.6 Å². The van der Waals surface area contributed by atoms with Crippen molar-refractivity contribution in [3.05, 3.63) is 61.5 Å². The second kappa shape index (κ2) is 6.31. The molecule has 0 atom stereocenters. The number of fused-ring (bicyclic) bond motifs is 2. The Balaban J connectivity index is 1.67. The van der Waals surface area contributed by atoms with Crippen LogP contribution < -0.4 is 5.32 Å². The zero-order valence-corrected chi connectivity index (χ0v) is 15.1. The molecular weight excluding hydrogens is 403 g/mol. The van der Waals surface area contributed by atoms with E-state index in [-0.39, 0.29) is 18.2 Å². The van der Waals surface area contributed by atoms with Gasteiger partial charge >= 0.3 is 5.82 Å². The molecule has 0 saturated carbocycles. The maximum absolute atomic E-state index is 11.4. The number of halogens is 3. The molecule has 11 heteroatoms. The molecule has 132 valence electrons. The minimum atomic E-state index is -0.506. The van der Waals surface area contributed by atoms with Crippen LogP contribution in [0.25, 0.3) is 16.7 Å². The molecule has 2 N–H and O–H groups in total. The minimum Gasteiger partial charge on any atom is -0.358 e. The molecular formula is C15H9Cl3N6O2. The Morgan fingerprint density at radius 1 is 1.19 bits per heavy atom. The van der Waals surface area contributed by atoms with E-state index in [1.807, 2.05) is 0 Å². The van der Waals surface area contributed by atoms with Crippen molar-refractivity contribution in [3.8, 4) is 0 Å². The highest BCUT2D eigenvalue weighted by Gasteiger charge is 2.23. The number of H-pyrrole nitrogens is 1. The second-order valence-electron chi connectivity index (χ2n) is 5.43. The van der Waals surface area contributed by atoms with E-state index >= 15 is 0 Å². The molecule has 0 spiro atoms. The van der Waals surface area contributed by atoms with Crippen molar-refractivity contribution in [1.29, 1.82) is 0 Å². The summed E-state index contributed by atoms with van der Waals surface area (Å²) in [5, 5.41) is 15.6. The average molecular weight is 412 g/mol. The van der Waals surface area contributed by atoms with Crippen molar-refractivity contribution in [1.82, 2.24) is 19.4 Å². The monoisotopic (exact) mass is 410 g/mol. The molecule has 3 aromatic heterocycles. The first-order valence-electron chi connectivity index (χ1n) is 7.32. The average Bonchev–Trinajstić information content (AvgIpc) is 3.13. The first-order chi connectivity index (χ1) is 12.4. The number of benzene rings is 1. The van der Waals surface area contributed by atoms with Gasteiger partial charge in [-0.05, 0) is 23.1 Å². The lowest BCUT2D eigenvalue weighted by molar-refractivity contribution is -0.389. The van der Waals surface area contributed by atoms with E-state index < -0.39 is 4.92 Å². The summed E-state index contributed by atoms with van der Waals surface area (Å²) in [6.07, 6.45) is 1.50. The van der Waals surface area contributed by atoms with Crippen LogP contribution in [0.3, 0.4) is 0 Å². The molecule has 0 aliphatic carbocycles. The number of aromatic nitrogens is 4. The summed E-state index contributed by atoms with van der Waals surface area (Å²) in [5.41, 5.74) is 1.73. The Labute approximate surface area is 160 Å². The van der Waals surface area contributed by atoms with Gasteiger partial charge in [0, 0.05) is 6.07 Å². The normalized spacial score (nSPS) is 11.3. The Kier molecular flexibility index (Phi) is 4.10. The Morgan fingerprint density at radius 3 is 2.73 bits per heavy atom. The van der Waals surface area contributed by atoms with E-state index in [1.165, 1.54) is 10.6 Å². The van der Waals surface area contributed by atoms with Crippen LogP contribution in [-0.2, 0) is 6.54 Å². The summed E-state index contributed by atoms with van der Waals surface area (Å²) in [6, 6.07) is 6.42. The number of nitrogens with one attached hydrogen (secondary N) is 2. The molecule has 0 saturated heterocycles. The number of nitrogens with zero attached hydrogens (tertiary/aromatic N) is 4. The summed E-state index contributed by atoms with van der Waals surface area (Å²) in [6.45, 7) is 0.197. The molecule has 0 aliphatic heterocycles. The fourth-order valence-corrected chi connectivity index (χ4v) is 3.08. The number of pyridine rings is 1. The lowest BCUT2D eigenvalue weighted by Crippen LogP contribution is -2.04. The Hall–Kier alpha value is -2.55. The van der Waals surface area contributed by atoms with Gasteiger partial charge in [0.2, 0.25) is 11.5 Å². The van der Waals surface area contributed by atoms with Crippen LogP contribution in [0, 0.1) is 10.1 Å². The van der Waals surface area contributed by atoms with Gasteiger partial charge in [-0.2, -0.15) is 9.38 Å². The quantitative estimate of drug-likeness (QED) is 0.375. The Morgan fingerprint density at radius 2 is 1.96 bits per heavy atom. The number of anilines is 1. The van der Waals surface area contributed by atoms with Crippen LogP contribution in [0.1, 0.15) is 5.82 Å². The van der Waals surface area contributed by atoms with Gasteiger partial charge in [-0.3, -0.25) is 0 Å². The number of hydrogen-bond acceptors (Lipinski definition) is 5. The van der Waals surface area contributed by atoms with Crippen LogP contribution in [0.2, 0.25) is 15.1 Å². The van der Waals surface area contributed by atoms with E-state index in [4.69, 9.17) is 34.8 Å². The van der Waals surface area contributed by atoms with E-state index in [2.05, 4.69) is 20.3 Å². The summed E-state index contributed by atoms with van der Waals surface area (Å²) in [5.74, 6) is 0.496. The molecule has 1 aromatic carbocycles. The molecule has 0 unspecified atom stereocenters. The topological polar surface area (TPSA) is 101 Å². The van der Waals surface area contributed by atoms with Crippen molar-refractivity contribution in [2.24, 2.45) is 0 Å². The van der Waals surface area contributed by atoms with E-state index in [1.54, 1.807) is 24.3 Å². The molecule has 4 aromatic rings. The van der Waals surface area contributed by atoms with Crippen molar-refractivity contribution in [2.45, 2.75) is 6.54 Å². The molecule has 0 fully saturated rings. The smallest absolute Gasteiger partial charge is 0.358 e. The van der Waals surface area contributed by atoms with Gasteiger partial charge in [0.05, 0.1) is 38.8 Å². The van der Waals surface area contributed by atoms with E-state index in [9.17, 15) is 10.1 Å². The highest BCUT2D eigenvalue weighted by molar-refractivity contribution is 6.42. The van der Waals surface area contributed by atoms with Gasteiger partial charge in [-0.1, -0.05) is 34.8 Å². The molecule has 0 amide bonds. The summed E-state index contributed by atoms with van der Waals surface area (Å²) in [4.78, 5) is 22.6. The minimum absolute atomic E-state index is 0.119. The largest absolute Gasteiger partial charge is 0.372 e. The fourth-order valence-electron chi connectivity index (χ4n) is 2.61. The van der Waals surface area contributed by atoms with Gasteiger partial charge in [-0.15, -0.1) is 0 Å². The zero-order valence-electron chi connectivity index (χ0n) is 12.8. The maximum atomic E-state index is 11.4. The zero-order chi connectivity index (χ0) is 18.4. The molecule has 4 rings (SSSR count). The molecule has 3 heterocycles. The van der Waals surface area contributed by atoms with E-state index in [0.717, 1.165) is 0 Å². The first kappa shape index (κ1) is 16.9. The molecule has 26 heavy (non-hydrogen) atoms. The molecule has 8 nitrogen and oxygen atoms in total. The fraction of sp³-hybridized carbons (Fsp3) is 0.0667. The Bertz CT molecular complexity index is 1130. The van der Waals surface area contributed by atoms with Gasteiger partial charge in [0.15, 0.2) is 0 Å². The molecule has 0 radical (unpaired) electrons. The second-order valence-corrected chi connectivity index (χ2v) is 6.69. The highest BCUT2D eigenvalue weighted by Crippen LogP contribution is 2.29. The van der Waals surface area contributed by atoms with Crippen LogP contribution in [0.4, 0.5) is 11.6 Å². The standard InChI is InChI=1S/C15H9Cl3N6O2/c16-7-1-2-23-13(3-7)22-14(15(23)24(25)26)19-6-12-20-10-4-8(17)9(18)5-11(10)21-12/h1-5,19H,6H2,(H,20,21). The number of imidazole rings is 2. The van der Waals surface area contributed by atoms with Crippen molar-refractivity contribution >= 4 is 63.1 Å². The summed E-state index contributed by atoms with van der Waals surface area (Å²) < 4.78 is 1.35. The van der Waals surface area contributed by atoms with Crippen molar-refractivity contribution < 1.29 is 4.92 Å². The van der Waals surface area contributed by atoms with Crippen LogP contribution >= 0.6 is 34.8 Å². The number of nitro groups is 1. The maximum Gasteiger partial charge on any atom is 0.372 e. The first-order valence-corrected chi connectivity index (χ1v) is 8.45. The number of hydrogen-bond donors (Lipinski definition) is 2. The van der Waals surface area contributed by atoms with Crippen LogP contribution in [0.5, 0.6) is 0 Å². The lowest BCUT2D eigenvalue weighted by atomic mass is 10.3. The molecule has 0 bridgehead atoms. The van der Waals surface area contributed by atoms with Crippen molar-refractivity contribution in [3.63, 3.8) is 0 Å². The van der Waals surface area contributed by atoms with Gasteiger partial charge < -0.3 is 20.4 Å². The van der Waals surface area contributed by atoms with Gasteiger partial charge in [-0.25, -0.2) is 4.98 Å². The predicted octanol–water partition coefficient (Wildman–Crippen LogP) is 4.69. The number of aromatic amines is 1.